The minimum atomic E-state index is -5.13. The summed E-state index contributed by atoms with van der Waals surface area (Å²) in [6, 6.07) is 0. The van der Waals surface area contributed by atoms with Gasteiger partial charge in [0, 0.05) is 6.08 Å². The Labute approximate surface area is 161 Å². The second-order valence-corrected chi connectivity index (χ2v) is 7.60. The van der Waals surface area contributed by atoms with Crippen molar-refractivity contribution in [3.8, 4) is 0 Å². The van der Waals surface area contributed by atoms with Crippen LogP contribution in [0.2, 0.25) is 0 Å². The first kappa shape index (κ1) is 22.7. The maximum Gasteiger partial charge on any atom is 0.573 e. The van der Waals surface area contributed by atoms with Crippen LogP contribution < -0.4 is 0 Å². The summed E-state index contributed by atoms with van der Waals surface area (Å²) >= 11 is 0. The zero-order valence-electron chi connectivity index (χ0n) is 15.7. The SMILES string of the molecule is C=C(/C=C(/F)C(=C)OC(F)(F)F)OC(F)(F)C1CCC(C2CCCCC2)CC1. The first-order valence-electron chi connectivity index (χ1n) is 9.56. The third-order valence-electron chi connectivity index (χ3n) is 5.62. The van der Waals surface area contributed by atoms with Gasteiger partial charge in [-0.1, -0.05) is 45.3 Å². The van der Waals surface area contributed by atoms with Gasteiger partial charge in [-0.05, 0) is 37.5 Å². The second kappa shape index (κ2) is 9.27. The summed E-state index contributed by atoms with van der Waals surface area (Å²) in [5, 5.41) is 0. The van der Waals surface area contributed by atoms with E-state index in [2.05, 4.69) is 22.6 Å². The summed E-state index contributed by atoms with van der Waals surface area (Å²) in [4.78, 5) is 0. The number of allylic oxidation sites excluding steroid dienone is 2. The highest BCUT2D eigenvalue weighted by Gasteiger charge is 2.45. The molecule has 0 aromatic rings. The van der Waals surface area contributed by atoms with Crippen molar-refractivity contribution in [2.75, 3.05) is 0 Å². The van der Waals surface area contributed by atoms with E-state index in [1.807, 2.05) is 0 Å². The van der Waals surface area contributed by atoms with E-state index in [9.17, 15) is 26.3 Å². The summed E-state index contributed by atoms with van der Waals surface area (Å²) in [6.07, 6.45) is -0.462. The molecule has 0 atom stereocenters. The molecule has 0 bridgehead atoms. The van der Waals surface area contributed by atoms with Gasteiger partial charge in [-0.25, -0.2) is 4.39 Å². The van der Waals surface area contributed by atoms with Crippen molar-refractivity contribution in [3.05, 3.63) is 36.6 Å². The molecule has 0 aromatic heterocycles. The molecule has 2 fully saturated rings. The van der Waals surface area contributed by atoms with Crippen molar-refractivity contribution < 1.29 is 35.8 Å². The molecule has 0 aliphatic heterocycles. The fourth-order valence-corrected chi connectivity index (χ4v) is 4.23. The van der Waals surface area contributed by atoms with Crippen LogP contribution in [0.3, 0.4) is 0 Å². The smallest absolute Gasteiger partial charge is 0.433 e. The molecule has 0 saturated heterocycles. The van der Waals surface area contributed by atoms with E-state index in [-0.39, 0.29) is 12.8 Å². The number of hydrogen-bond donors (Lipinski definition) is 0. The van der Waals surface area contributed by atoms with Gasteiger partial charge < -0.3 is 9.47 Å². The molecule has 0 amide bonds. The first-order valence-corrected chi connectivity index (χ1v) is 9.56. The number of alkyl halides is 5. The summed E-state index contributed by atoms with van der Waals surface area (Å²) in [5.41, 5.74) is 0. The first-order chi connectivity index (χ1) is 13.0. The third kappa shape index (κ3) is 6.78. The van der Waals surface area contributed by atoms with Gasteiger partial charge in [0.05, 0.1) is 5.92 Å². The van der Waals surface area contributed by atoms with Gasteiger partial charge >= 0.3 is 12.5 Å². The Morgan fingerprint density at radius 2 is 1.32 bits per heavy atom. The Morgan fingerprint density at radius 1 is 0.786 bits per heavy atom. The van der Waals surface area contributed by atoms with Gasteiger partial charge in [-0.15, -0.1) is 13.2 Å². The Bertz CT molecular complexity index is 582. The quantitative estimate of drug-likeness (QED) is 0.246. The molecular weight excluding hydrogens is 386 g/mol. The molecule has 0 aromatic carbocycles. The molecule has 8 heteroatoms. The molecule has 0 N–H and O–H groups in total. The van der Waals surface area contributed by atoms with Crippen LogP contribution in [0.25, 0.3) is 0 Å². The summed E-state index contributed by atoms with van der Waals surface area (Å²) < 4.78 is 86.3. The van der Waals surface area contributed by atoms with Crippen molar-refractivity contribution in [1.82, 2.24) is 0 Å². The van der Waals surface area contributed by atoms with Crippen LogP contribution in [0.1, 0.15) is 57.8 Å². The molecule has 2 aliphatic carbocycles. The largest absolute Gasteiger partial charge is 0.573 e. The van der Waals surface area contributed by atoms with Crippen molar-refractivity contribution in [2.24, 2.45) is 17.8 Å². The zero-order valence-corrected chi connectivity index (χ0v) is 15.7. The zero-order chi connectivity index (χ0) is 20.9. The summed E-state index contributed by atoms with van der Waals surface area (Å²) in [7, 11) is 0. The lowest BCUT2D eigenvalue weighted by Crippen LogP contribution is -2.35. The van der Waals surface area contributed by atoms with E-state index < -0.39 is 35.7 Å². The van der Waals surface area contributed by atoms with Crippen LogP contribution in [-0.2, 0) is 9.47 Å². The van der Waals surface area contributed by atoms with Gasteiger partial charge in [-0.2, -0.15) is 8.78 Å². The van der Waals surface area contributed by atoms with Crippen LogP contribution >= 0.6 is 0 Å². The fraction of sp³-hybridized carbons (Fsp3) is 0.700. The lowest BCUT2D eigenvalue weighted by Gasteiger charge is -2.37. The van der Waals surface area contributed by atoms with E-state index >= 15 is 0 Å². The summed E-state index contributed by atoms with van der Waals surface area (Å²) in [6.45, 7) is 5.91. The standard InChI is InChI=1S/C20H26F6O2/c1-13(12-18(21)14(2)28-20(24,25)26)27-19(22,23)17-10-8-16(9-11-17)15-6-4-3-5-7-15/h12,15-17H,1-11H2/b18-12+. The maximum absolute atomic E-state index is 14.4. The van der Waals surface area contributed by atoms with E-state index in [0.717, 1.165) is 12.8 Å². The monoisotopic (exact) mass is 412 g/mol. The molecule has 160 valence electrons. The number of rotatable bonds is 7. The van der Waals surface area contributed by atoms with E-state index in [1.165, 1.54) is 19.3 Å². The highest BCUT2D eigenvalue weighted by atomic mass is 19.4. The van der Waals surface area contributed by atoms with Crippen molar-refractivity contribution in [2.45, 2.75) is 70.3 Å². The van der Waals surface area contributed by atoms with Crippen LogP contribution in [0.4, 0.5) is 26.3 Å². The van der Waals surface area contributed by atoms with E-state index in [0.29, 0.717) is 30.8 Å². The molecule has 0 heterocycles. The van der Waals surface area contributed by atoms with Gasteiger partial charge in [0.25, 0.3) is 0 Å². The minimum absolute atomic E-state index is 0.289. The van der Waals surface area contributed by atoms with E-state index in [1.54, 1.807) is 0 Å². The van der Waals surface area contributed by atoms with E-state index in [4.69, 9.17) is 0 Å². The molecule has 0 radical (unpaired) electrons. The lowest BCUT2D eigenvalue weighted by atomic mass is 9.71. The molecule has 2 rings (SSSR count). The second-order valence-electron chi connectivity index (χ2n) is 7.60. The topological polar surface area (TPSA) is 18.5 Å². The molecule has 2 nitrogen and oxygen atoms in total. The van der Waals surface area contributed by atoms with Crippen LogP contribution in [-0.4, -0.2) is 12.5 Å². The highest BCUT2D eigenvalue weighted by Crippen LogP contribution is 2.45. The molecule has 28 heavy (non-hydrogen) atoms. The molecule has 0 spiro atoms. The highest BCUT2D eigenvalue weighted by molar-refractivity contribution is 5.23. The average Bonchev–Trinajstić information content (AvgIpc) is 2.60. The Balaban J connectivity index is 1.86. The average molecular weight is 412 g/mol. The third-order valence-corrected chi connectivity index (χ3v) is 5.62. The molecule has 2 saturated carbocycles. The summed E-state index contributed by atoms with van der Waals surface area (Å²) in [5.74, 6) is -3.70. The molecule has 0 unspecified atom stereocenters. The van der Waals surface area contributed by atoms with Crippen molar-refractivity contribution >= 4 is 0 Å². The Hall–Kier alpha value is -1.60. The van der Waals surface area contributed by atoms with Crippen LogP contribution in [0.5, 0.6) is 0 Å². The van der Waals surface area contributed by atoms with Crippen LogP contribution in [0.15, 0.2) is 36.6 Å². The van der Waals surface area contributed by atoms with Crippen molar-refractivity contribution in [1.29, 1.82) is 0 Å². The number of halogens is 6. The lowest BCUT2D eigenvalue weighted by molar-refractivity contribution is -0.304. The number of ether oxygens (including phenoxy) is 2. The van der Waals surface area contributed by atoms with Crippen LogP contribution in [0, 0.1) is 17.8 Å². The normalized spacial score (nSPS) is 25.3. The predicted molar refractivity (Wildman–Crippen MR) is 92.7 cm³/mol. The molecule has 2 aliphatic rings. The fourth-order valence-electron chi connectivity index (χ4n) is 4.23. The maximum atomic E-state index is 14.4. The predicted octanol–water partition coefficient (Wildman–Crippen LogP) is 7.40. The Morgan fingerprint density at radius 3 is 1.86 bits per heavy atom. The van der Waals surface area contributed by atoms with Crippen molar-refractivity contribution in [3.63, 3.8) is 0 Å². The van der Waals surface area contributed by atoms with Gasteiger partial charge in [0.1, 0.15) is 5.76 Å². The van der Waals surface area contributed by atoms with Gasteiger partial charge in [0.2, 0.25) is 0 Å². The van der Waals surface area contributed by atoms with Gasteiger partial charge in [-0.3, -0.25) is 0 Å². The minimum Gasteiger partial charge on any atom is -0.433 e. The Kier molecular flexibility index (Phi) is 7.51. The molecular formula is C20H26F6O2. The van der Waals surface area contributed by atoms with Gasteiger partial charge in [0.15, 0.2) is 11.6 Å². The number of hydrogen-bond acceptors (Lipinski definition) is 2.